The number of ether oxygens (including phenoxy) is 3. The second-order valence-corrected chi connectivity index (χ2v) is 4.11. The first-order chi connectivity index (χ1) is 8.00. The van der Waals surface area contributed by atoms with Crippen molar-refractivity contribution >= 4 is 11.8 Å². The minimum absolute atomic E-state index is 0.337. The summed E-state index contributed by atoms with van der Waals surface area (Å²) in [5, 5.41) is 2.60. The molecule has 92 valence electrons. The van der Waals surface area contributed by atoms with E-state index in [0.717, 1.165) is 0 Å². The zero-order valence-corrected chi connectivity index (χ0v) is 10.1. The lowest BCUT2D eigenvalue weighted by atomic mass is 10.3. The van der Waals surface area contributed by atoms with Crippen molar-refractivity contribution in [2.24, 2.45) is 0 Å². The van der Waals surface area contributed by atoms with Gasteiger partial charge < -0.3 is 14.2 Å². The van der Waals surface area contributed by atoms with E-state index in [2.05, 4.69) is 5.32 Å². The first-order valence-electron chi connectivity index (χ1n) is 5.46. The average Bonchev–Trinajstić information content (AvgIpc) is 2.51. The van der Waals surface area contributed by atoms with Gasteiger partial charge in [0.25, 0.3) is 0 Å². The van der Waals surface area contributed by atoms with Crippen LogP contribution in [0.1, 0.15) is 20.8 Å². The molecule has 0 aliphatic carbocycles. The summed E-state index contributed by atoms with van der Waals surface area (Å²) in [7, 11) is 0. The Morgan fingerprint density at radius 3 is 2.76 bits per heavy atom. The first-order valence-corrected chi connectivity index (χ1v) is 5.46. The molecule has 0 saturated carbocycles. The van der Waals surface area contributed by atoms with Gasteiger partial charge in [-0.2, -0.15) is 0 Å². The van der Waals surface area contributed by atoms with E-state index in [0.29, 0.717) is 23.8 Å². The Labute approximate surface area is 99.7 Å². The number of anilines is 1. The smallest absolute Gasteiger partial charge is 0.411 e. The maximum atomic E-state index is 11.2. The zero-order chi connectivity index (χ0) is 12.5. The maximum absolute atomic E-state index is 11.2. The highest BCUT2D eigenvalue weighted by molar-refractivity contribution is 5.85. The molecule has 1 aromatic rings. The summed E-state index contributed by atoms with van der Waals surface area (Å²) in [5.41, 5.74) is 0.614. The highest BCUT2D eigenvalue weighted by Crippen LogP contribution is 2.40. The molecule has 1 heterocycles. The van der Waals surface area contributed by atoms with Crippen molar-refractivity contribution < 1.29 is 19.0 Å². The molecule has 0 radical (unpaired) electrons. The Hall–Kier alpha value is -1.91. The fourth-order valence-electron chi connectivity index (χ4n) is 1.59. The van der Waals surface area contributed by atoms with Gasteiger partial charge in [-0.15, -0.1) is 0 Å². The number of amides is 1. The standard InChI is InChI=1S/C12H15NO4/c1-4-15-11(14)13-8-5-6-9-10(7-8)17-12(2,3)16-9/h5-7H,4H2,1-3H3,(H,13,14). The summed E-state index contributed by atoms with van der Waals surface area (Å²) >= 11 is 0. The van der Waals surface area contributed by atoms with E-state index in [9.17, 15) is 4.79 Å². The Bertz CT molecular complexity index is 442. The van der Waals surface area contributed by atoms with Gasteiger partial charge in [-0.05, 0) is 19.1 Å². The number of fused-ring (bicyclic) bond motifs is 1. The van der Waals surface area contributed by atoms with Gasteiger partial charge in [0.1, 0.15) is 0 Å². The zero-order valence-electron chi connectivity index (χ0n) is 10.1. The van der Waals surface area contributed by atoms with Crippen molar-refractivity contribution in [1.82, 2.24) is 0 Å². The van der Waals surface area contributed by atoms with Gasteiger partial charge in [0.2, 0.25) is 5.79 Å². The molecule has 1 amide bonds. The second kappa shape index (κ2) is 4.16. The number of carbonyl (C=O) groups is 1. The highest BCUT2D eigenvalue weighted by Gasteiger charge is 2.31. The van der Waals surface area contributed by atoms with Crippen LogP contribution in [0, 0.1) is 0 Å². The molecular formula is C12H15NO4. The Balaban J connectivity index is 2.11. The van der Waals surface area contributed by atoms with Crippen LogP contribution in [-0.4, -0.2) is 18.5 Å². The molecule has 0 spiro atoms. The third kappa shape index (κ3) is 2.61. The number of rotatable bonds is 2. The minimum Gasteiger partial charge on any atom is -0.450 e. The normalized spacial score (nSPS) is 15.5. The molecule has 1 aliphatic heterocycles. The number of hydrogen-bond acceptors (Lipinski definition) is 4. The molecule has 1 aliphatic rings. The molecule has 5 nitrogen and oxygen atoms in total. The molecule has 17 heavy (non-hydrogen) atoms. The topological polar surface area (TPSA) is 56.8 Å². The van der Waals surface area contributed by atoms with Gasteiger partial charge >= 0.3 is 6.09 Å². The Kier molecular flexibility index (Phi) is 2.83. The summed E-state index contributed by atoms with van der Waals surface area (Å²) in [4.78, 5) is 11.2. The van der Waals surface area contributed by atoms with E-state index in [1.165, 1.54) is 0 Å². The van der Waals surface area contributed by atoms with Crippen LogP contribution in [0.3, 0.4) is 0 Å². The SMILES string of the molecule is CCOC(=O)Nc1ccc2c(c1)OC(C)(C)O2. The van der Waals surface area contributed by atoms with Gasteiger partial charge in [-0.1, -0.05) is 0 Å². The molecule has 2 rings (SSSR count). The predicted octanol–water partition coefficient (Wildman–Crippen LogP) is 2.76. The third-order valence-corrected chi connectivity index (χ3v) is 2.18. The molecule has 0 fully saturated rings. The summed E-state index contributed by atoms with van der Waals surface area (Å²) in [6.45, 7) is 5.74. The fourth-order valence-corrected chi connectivity index (χ4v) is 1.59. The lowest BCUT2D eigenvalue weighted by Gasteiger charge is -2.16. The summed E-state index contributed by atoms with van der Waals surface area (Å²) < 4.78 is 15.9. The molecule has 1 N–H and O–H groups in total. The third-order valence-electron chi connectivity index (χ3n) is 2.18. The summed E-state index contributed by atoms with van der Waals surface area (Å²) in [6, 6.07) is 5.20. The number of nitrogens with one attached hydrogen (secondary N) is 1. The molecule has 5 heteroatoms. The van der Waals surface area contributed by atoms with Crippen molar-refractivity contribution in [3.63, 3.8) is 0 Å². The monoisotopic (exact) mass is 237 g/mol. The molecule has 0 saturated heterocycles. The number of carbonyl (C=O) groups excluding carboxylic acids is 1. The van der Waals surface area contributed by atoms with Crippen molar-refractivity contribution in [2.45, 2.75) is 26.6 Å². The fraction of sp³-hybridized carbons (Fsp3) is 0.417. The summed E-state index contributed by atoms with van der Waals surface area (Å²) in [6.07, 6.45) is -0.481. The lowest BCUT2D eigenvalue weighted by Crippen LogP contribution is -2.29. The van der Waals surface area contributed by atoms with Crippen LogP contribution in [0.4, 0.5) is 10.5 Å². The van der Waals surface area contributed by atoms with Crippen LogP contribution in [0.15, 0.2) is 18.2 Å². The van der Waals surface area contributed by atoms with Crippen molar-refractivity contribution in [1.29, 1.82) is 0 Å². The molecule has 1 aromatic carbocycles. The van der Waals surface area contributed by atoms with Gasteiger partial charge in [0.05, 0.1) is 6.61 Å². The van der Waals surface area contributed by atoms with Crippen LogP contribution in [0.2, 0.25) is 0 Å². The average molecular weight is 237 g/mol. The highest BCUT2D eigenvalue weighted by atomic mass is 16.7. The van der Waals surface area contributed by atoms with Crippen molar-refractivity contribution in [3.8, 4) is 11.5 Å². The van der Waals surface area contributed by atoms with Crippen molar-refractivity contribution in [3.05, 3.63) is 18.2 Å². The predicted molar refractivity (Wildman–Crippen MR) is 62.4 cm³/mol. The summed E-state index contributed by atoms with van der Waals surface area (Å²) in [5.74, 6) is 0.624. The quantitative estimate of drug-likeness (QED) is 0.859. The van der Waals surface area contributed by atoms with E-state index in [1.54, 1.807) is 25.1 Å². The van der Waals surface area contributed by atoms with Crippen LogP contribution < -0.4 is 14.8 Å². The lowest BCUT2D eigenvalue weighted by molar-refractivity contribution is -0.0431. The van der Waals surface area contributed by atoms with Crippen molar-refractivity contribution in [2.75, 3.05) is 11.9 Å². The number of benzene rings is 1. The van der Waals surface area contributed by atoms with Crippen LogP contribution >= 0.6 is 0 Å². The van der Waals surface area contributed by atoms with Gasteiger partial charge in [-0.25, -0.2) is 4.79 Å². The van der Waals surface area contributed by atoms with Crippen LogP contribution in [0.5, 0.6) is 11.5 Å². The van der Waals surface area contributed by atoms with E-state index >= 15 is 0 Å². The minimum atomic E-state index is -0.662. The molecule has 0 aromatic heterocycles. The first kappa shape index (κ1) is 11.6. The Morgan fingerprint density at radius 2 is 2.06 bits per heavy atom. The van der Waals surface area contributed by atoms with Crippen LogP contribution in [-0.2, 0) is 4.74 Å². The number of hydrogen-bond donors (Lipinski definition) is 1. The van der Waals surface area contributed by atoms with E-state index in [1.807, 2.05) is 13.8 Å². The largest absolute Gasteiger partial charge is 0.450 e. The maximum Gasteiger partial charge on any atom is 0.411 e. The van der Waals surface area contributed by atoms with E-state index < -0.39 is 11.9 Å². The molecular weight excluding hydrogens is 222 g/mol. The van der Waals surface area contributed by atoms with Gasteiger partial charge in [0.15, 0.2) is 11.5 Å². The Morgan fingerprint density at radius 1 is 1.35 bits per heavy atom. The van der Waals surface area contributed by atoms with Crippen LogP contribution in [0.25, 0.3) is 0 Å². The molecule has 0 bridgehead atoms. The van der Waals surface area contributed by atoms with Gasteiger partial charge in [0, 0.05) is 25.6 Å². The second-order valence-electron chi connectivity index (χ2n) is 4.11. The molecule has 0 atom stereocenters. The van der Waals surface area contributed by atoms with E-state index in [-0.39, 0.29) is 0 Å². The van der Waals surface area contributed by atoms with E-state index in [4.69, 9.17) is 14.2 Å². The van der Waals surface area contributed by atoms with Gasteiger partial charge in [-0.3, -0.25) is 5.32 Å². The molecule has 0 unspecified atom stereocenters.